The van der Waals surface area contributed by atoms with Crippen LogP contribution in [0.1, 0.15) is 35.5 Å². The zero-order valence-corrected chi connectivity index (χ0v) is 9.81. The van der Waals surface area contributed by atoms with Gasteiger partial charge in [0.15, 0.2) is 11.5 Å². The van der Waals surface area contributed by atoms with Crippen LogP contribution >= 0.6 is 0 Å². The summed E-state index contributed by atoms with van der Waals surface area (Å²) in [4.78, 5) is 21.9. The lowest BCUT2D eigenvalue weighted by molar-refractivity contribution is -0.121. The average Bonchev–Trinajstić information content (AvgIpc) is 2.99. The van der Waals surface area contributed by atoms with Crippen molar-refractivity contribution >= 4 is 11.9 Å². The molecular weight excluding hydrogens is 238 g/mol. The maximum absolute atomic E-state index is 11.3. The van der Waals surface area contributed by atoms with Crippen molar-refractivity contribution in [3.05, 3.63) is 17.5 Å². The molecule has 2 rings (SSSR count). The van der Waals surface area contributed by atoms with E-state index in [4.69, 9.17) is 9.63 Å². The van der Waals surface area contributed by atoms with E-state index < -0.39 is 5.97 Å². The first-order valence-corrected chi connectivity index (χ1v) is 5.84. The van der Waals surface area contributed by atoms with Crippen molar-refractivity contribution in [2.75, 3.05) is 6.54 Å². The first kappa shape index (κ1) is 12.6. The van der Waals surface area contributed by atoms with Crippen LogP contribution in [-0.4, -0.2) is 34.7 Å². The van der Waals surface area contributed by atoms with Crippen LogP contribution in [-0.2, 0) is 11.3 Å². The topological polar surface area (TPSA) is 104 Å². The molecule has 1 fully saturated rings. The molecule has 0 aliphatic heterocycles. The zero-order chi connectivity index (χ0) is 13.0. The number of carboxylic acid groups (broad SMARTS) is 1. The van der Waals surface area contributed by atoms with Crippen LogP contribution in [0.5, 0.6) is 0 Å². The van der Waals surface area contributed by atoms with Gasteiger partial charge in [-0.15, -0.1) is 0 Å². The summed E-state index contributed by atoms with van der Waals surface area (Å²) >= 11 is 0. The standard InChI is InChI=1S/C11H15N3O4/c15-10(13-7-1-2-7)3-4-12-6-8-5-9(11(16)17)14-18-8/h5,7,12H,1-4,6H2,(H,13,15)(H,16,17). The molecule has 1 aromatic heterocycles. The lowest BCUT2D eigenvalue weighted by atomic mass is 10.3. The summed E-state index contributed by atoms with van der Waals surface area (Å²) in [5.41, 5.74) is -0.113. The number of carboxylic acids is 1. The molecule has 1 aliphatic rings. The van der Waals surface area contributed by atoms with Crippen LogP contribution in [0.3, 0.4) is 0 Å². The summed E-state index contributed by atoms with van der Waals surface area (Å²) in [6, 6.07) is 1.74. The molecule has 7 heteroatoms. The predicted octanol–water partition coefficient (Wildman–Crippen LogP) is 0.131. The number of carbonyl (C=O) groups excluding carboxylic acids is 1. The van der Waals surface area contributed by atoms with Crippen LogP contribution in [0.4, 0.5) is 0 Å². The molecule has 0 unspecified atom stereocenters. The van der Waals surface area contributed by atoms with Crippen molar-refractivity contribution in [1.82, 2.24) is 15.8 Å². The molecular formula is C11H15N3O4. The summed E-state index contributed by atoms with van der Waals surface area (Å²) in [5, 5.41) is 17.9. The smallest absolute Gasteiger partial charge is 0.358 e. The van der Waals surface area contributed by atoms with E-state index in [1.54, 1.807) is 0 Å². The number of nitrogens with zero attached hydrogens (tertiary/aromatic N) is 1. The normalized spacial score (nSPS) is 14.4. The predicted molar refractivity (Wildman–Crippen MR) is 61.0 cm³/mol. The highest BCUT2D eigenvalue weighted by Gasteiger charge is 2.22. The summed E-state index contributed by atoms with van der Waals surface area (Å²) in [5.74, 6) is -0.641. The van der Waals surface area contributed by atoms with Gasteiger partial charge in [0.05, 0.1) is 6.54 Å². The fourth-order valence-corrected chi connectivity index (χ4v) is 1.44. The Kier molecular flexibility index (Phi) is 3.93. The second-order valence-corrected chi connectivity index (χ2v) is 4.25. The Bertz CT molecular complexity index is 439. The van der Waals surface area contributed by atoms with E-state index in [0.29, 0.717) is 31.3 Å². The van der Waals surface area contributed by atoms with E-state index in [-0.39, 0.29) is 11.6 Å². The molecule has 18 heavy (non-hydrogen) atoms. The van der Waals surface area contributed by atoms with Gasteiger partial charge in [-0.05, 0) is 12.8 Å². The van der Waals surface area contributed by atoms with Gasteiger partial charge in [-0.3, -0.25) is 4.79 Å². The van der Waals surface area contributed by atoms with E-state index >= 15 is 0 Å². The van der Waals surface area contributed by atoms with Crippen LogP contribution in [0.2, 0.25) is 0 Å². The maximum atomic E-state index is 11.3. The lowest BCUT2D eigenvalue weighted by Gasteiger charge is -2.03. The van der Waals surface area contributed by atoms with Gasteiger partial charge in [0.2, 0.25) is 5.91 Å². The number of nitrogens with one attached hydrogen (secondary N) is 2. The molecule has 0 spiro atoms. The Balaban J connectivity index is 1.61. The third-order valence-electron chi connectivity index (χ3n) is 2.55. The third-order valence-corrected chi connectivity index (χ3v) is 2.55. The summed E-state index contributed by atoms with van der Waals surface area (Å²) in [7, 11) is 0. The molecule has 0 radical (unpaired) electrons. The highest BCUT2D eigenvalue weighted by Crippen LogP contribution is 2.18. The Morgan fingerprint density at radius 3 is 2.89 bits per heavy atom. The minimum absolute atomic E-state index is 0.0359. The minimum Gasteiger partial charge on any atom is -0.476 e. The van der Waals surface area contributed by atoms with Crippen molar-refractivity contribution in [1.29, 1.82) is 0 Å². The molecule has 1 aromatic rings. The fourth-order valence-electron chi connectivity index (χ4n) is 1.44. The molecule has 7 nitrogen and oxygen atoms in total. The van der Waals surface area contributed by atoms with Crippen LogP contribution in [0, 0.1) is 0 Å². The molecule has 98 valence electrons. The first-order valence-electron chi connectivity index (χ1n) is 5.84. The Morgan fingerprint density at radius 1 is 1.50 bits per heavy atom. The quantitative estimate of drug-likeness (QED) is 0.597. The van der Waals surface area contributed by atoms with E-state index in [1.165, 1.54) is 6.07 Å². The number of amides is 1. The number of rotatable bonds is 7. The van der Waals surface area contributed by atoms with E-state index in [1.807, 2.05) is 0 Å². The second kappa shape index (κ2) is 5.63. The van der Waals surface area contributed by atoms with Gasteiger partial charge < -0.3 is 20.3 Å². The maximum Gasteiger partial charge on any atom is 0.358 e. The average molecular weight is 253 g/mol. The lowest BCUT2D eigenvalue weighted by Crippen LogP contribution is -2.28. The van der Waals surface area contributed by atoms with Gasteiger partial charge in [0, 0.05) is 25.1 Å². The monoisotopic (exact) mass is 253 g/mol. The van der Waals surface area contributed by atoms with Crippen molar-refractivity contribution in [3.8, 4) is 0 Å². The molecule has 1 saturated carbocycles. The molecule has 0 bridgehead atoms. The molecule has 0 atom stereocenters. The molecule has 0 saturated heterocycles. The highest BCUT2D eigenvalue weighted by atomic mass is 16.5. The molecule has 1 heterocycles. The zero-order valence-electron chi connectivity index (χ0n) is 9.81. The van der Waals surface area contributed by atoms with E-state index in [2.05, 4.69) is 15.8 Å². The second-order valence-electron chi connectivity index (χ2n) is 4.25. The number of carbonyl (C=O) groups is 2. The summed E-state index contributed by atoms with van der Waals surface area (Å²) < 4.78 is 4.81. The highest BCUT2D eigenvalue weighted by molar-refractivity contribution is 5.85. The van der Waals surface area contributed by atoms with Gasteiger partial charge in [-0.25, -0.2) is 4.79 Å². The number of aromatic carboxylic acids is 1. The van der Waals surface area contributed by atoms with Gasteiger partial charge in [-0.1, -0.05) is 5.16 Å². The summed E-state index contributed by atoms with van der Waals surface area (Å²) in [6.07, 6.45) is 2.56. The fraction of sp³-hybridized carbons (Fsp3) is 0.545. The molecule has 3 N–H and O–H groups in total. The van der Waals surface area contributed by atoms with Crippen LogP contribution in [0.25, 0.3) is 0 Å². The van der Waals surface area contributed by atoms with Gasteiger partial charge in [0.1, 0.15) is 0 Å². The third kappa shape index (κ3) is 3.85. The van der Waals surface area contributed by atoms with E-state index in [9.17, 15) is 9.59 Å². The summed E-state index contributed by atoms with van der Waals surface area (Å²) in [6.45, 7) is 0.874. The molecule has 1 amide bonds. The minimum atomic E-state index is -1.12. The first-order chi connectivity index (χ1) is 8.65. The van der Waals surface area contributed by atoms with Gasteiger partial charge in [0.25, 0.3) is 0 Å². The van der Waals surface area contributed by atoms with E-state index in [0.717, 1.165) is 12.8 Å². The Morgan fingerprint density at radius 2 is 2.28 bits per heavy atom. The molecule has 0 aromatic carbocycles. The largest absolute Gasteiger partial charge is 0.476 e. The number of hydrogen-bond donors (Lipinski definition) is 3. The van der Waals surface area contributed by atoms with Gasteiger partial charge >= 0.3 is 5.97 Å². The van der Waals surface area contributed by atoms with Crippen LogP contribution < -0.4 is 10.6 Å². The van der Waals surface area contributed by atoms with Crippen molar-refractivity contribution in [2.24, 2.45) is 0 Å². The molecule has 1 aliphatic carbocycles. The van der Waals surface area contributed by atoms with Crippen molar-refractivity contribution in [2.45, 2.75) is 31.8 Å². The number of aromatic nitrogens is 1. The van der Waals surface area contributed by atoms with Gasteiger partial charge in [-0.2, -0.15) is 0 Å². The number of hydrogen-bond acceptors (Lipinski definition) is 5. The van der Waals surface area contributed by atoms with Crippen LogP contribution in [0.15, 0.2) is 10.6 Å². The van der Waals surface area contributed by atoms with Crippen molar-refractivity contribution < 1.29 is 19.2 Å². The Labute approximate surface area is 104 Å². The SMILES string of the molecule is O=C(CCNCc1cc(C(=O)O)no1)NC1CC1. The Hall–Kier alpha value is -1.89. The van der Waals surface area contributed by atoms with Crippen molar-refractivity contribution in [3.63, 3.8) is 0 Å².